The first-order valence-corrected chi connectivity index (χ1v) is 9.68. The van der Waals surface area contributed by atoms with Crippen LogP contribution in [0.3, 0.4) is 0 Å². The van der Waals surface area contributed by atoms with Crippen molar-refractivity contribution < 1.29 is 5.11 Å². The van der Waals surface area contributed by atoms with Crippen molar-refractivity contribution in [3.63, 3.8) is 0 Å². The molecular formula is C24H24O. The van der Waals surface area contributed by atoms with E-state index in [1.165, 1.54) is 66.2 Å². The zero-order chi connectivity index (χ0) is 16.8. The second-order valence-corrected chi connectivity index (χ2v) is 7.70. The molecule has 2 atom stereocenters. The third-order valence-electron chi connectivity index (χ3n) is 6.35. The highest BCUT2D eigenvalue weighted by Crippen LogP contribution is 2.54. The van der Waals surface area contributed by atoms with Gasteiger partial charge < -0.3 is 5.11 Å². The number of hydrogen-bond acceptors (Lipinski definition) is 1. The zero-order valence-electron chi connectivity index (χ0n) is 14.5. The molecule has 1 N–H and O–H groups in total. The van der Waals surface area contributed by atoms with Gasteiger partial charge in [0.1, 0.15) is 5.75 Å². The molecular weight excluding hydrogens is 304 g/mol. The van der Waals surface area contributed by atoms with E-state index in [0.717, 1.165) is 5.39 Å². The minimum atomic E-state index is 0.439. The fourth-order valence-electron chi connectivity index (χ4n) is 5.25. The Morgan fingerprint density at radius 2 is 1.32 bits per heavy atom. The fraction of sp³-hybridized carbons (Fsp3) is 0.333. The van der Waals surface area contributed by atoms with Crippen molar-refractivity contribution in [1.29, 1.82) is 0 Å². The number of aromatic hydroxyl groups is 1. The normalized spacial score (nSPS) is 22.4. The summed E-state index contributed by atoms with van der Waals surface area (Å²) in [4.78, 5) is 0. The molecule has 0 spiro atoms. The van der Waals surface area contributed by atoms with Gasteiger partial charge in [-0.25, -0.2) is 0 Å². The van der Waals surface area contributed by atoms with Crippen molar-refractivity contribution >= 4 is 10.8 Å². The number of rotatable bonds is 0. The van der Waals surface area contributed by atoms with Gasteiger partial charge in [0.05, 0.1) is 0 Å². The topological polar surface area (TPSA) is 20.2 Å². The van der Waals surface area contributed by atoms with Gasteiger partial charge in [-0.1, -0.05) is 74.2 Å². The lowest BCUT2D eigenvalue weighted by molar-refractivity contribution is 0.401. The summed E-state index contributed by atoms with van der Waals surface area (Å²) >= 11 is 0. The van der Waals surface area contributed by atoms with Gasteiger partial charge in [-0.2, -0.15) is 0 Å². The Labute approximate surface area is 149 Å². The van der Waals surface area contributed by atoms with E-state index in [1.54, 1.807) is 0 Å². The molecule has 1 fully saturated rings. The Morgan fingerprint density at radius 1 is 0.680 bits per heavy atom. The molecule has 5 rings (SSSR count). The van der Waals surface area contributed by atoms with E-state index in [-0.39, 0.29) is 0 Å². The van der Waals surface area contributed by atoms with Crippen molar-refractivity contribution in [3.05, 3.63) is 65.7 Å². The maximum atomic E-state index is 10.7. The molecule has 1 nitrogen and oxygen atoms in total. The summed E-state index contributed by atoms with van der Waals surface area (Å²) in [5.74, 6) is 1.58. The summed E-state index contributed by atoms with van der Waals surface area (Å²) < 4.78 is 0. The van der Waals surface area contributed by atoms with Gasteiger partial charge in [0, 0.05) is 5.39 Å². The average Bonchev–Trinajstić information content (AvgIpc) is 2.62. The van der Waals surface area contributed by atoms with Crippen LogP contribution in [0.25, 0.3) is 21.9 Å². The Bertz CT molecular complexity index is 940. The van der Waals surface area contributed by atoms with E-state index >= 15 is 0 Å². The highest BCUT2D eigenvalue weighted by Gasteiger charge is 2.35. The van der Waals surface area contributed by atoms with E-state index in [2.05, 4.69) is 42.5 Å². The van der Waals surface area contributed by atoms with E-state index in [4.69, 9.17) is 0 Å². The second-order valence-electron chi connectivity index (χ2n) is 7.70. The van der Waals surface area contributed by atoms with Gasteiger partial charge in [0.15, 0.2) is 0 Å². The van der Waals surface area contributed by atoms with Crippen LogP contribution in [0.5, 0.6) is 5.75 Å². The van der Waals surface area contributed by atoms with Crippen molar-refractivity contribution in [2.75, 3.05) is 0 Å². The molecule has 0 aliphatic heterocycles. The third-order valence-corrected chi connectivity index (χ3v) is 6.35. The van der Waals surface area contributed by atoms with Gasteiger partial charge in [0.25, 0.3) is 0 Å². The van der Waals surface area contributed by atoms with Gasteiger partial charge >= 0.3 is 0 Å². The Balaban J connectivity index is 1.84. The minimum absolute atomic E-state index is 0.439. The second kappa shape index (κ2) is 5.91. The number of phenolic OH excluding ortho intramolecular Hbond substituents is 1. The number of phenols is 1. The molecule has 2 aliphatic carbocycles. The molecule has 0 amide bonds. The number of fused-ring (bicyclic) bond motifs is 8. The van der Waals surface area contributed by atoms with Crippen LogP contribution in [-0.4, -0.2) is 5.11 Å². The van der Waals surface area contributed by atoms with Crippen molar-refractivity contribution in [2.45, 2.75) is 50.4 Å². The monoisotopic (exact) mass is 328 g/mol. The zero-order valence-corrected chi connectivity index (χ0v) is 14.5. The average molecular weight is 328 g/mol. The molecule has 1 heteroatoms. The predicted molar refractivity (Wildman–Crippen MR) is 104 cm³/mol. The molecule has 0 aromatic heterocycles. The molecule has 3 aromatic carbocycles. The predicted octanol–water partition coefficient (Wildman–Crippen LogP) is 6.75. The van der Waals surface area contributed by atoms with Gasteiger partial charge in [0.2, 0.25) is 0 Å². The highest BCUT2D eigenvalue weighted by molar-refractivity contribution is 6.03. The molecule has 0 radical (unpaired) electrons. The summed E-state index contributed by atoms with van der Waals surface area (Å²) in [5.41, 5.74) is 5.65. The highest BCUT2D eigenvalue weighted by atomic mass is 16.3. The number of benzene rings is 3. The van der Waals surface area contributed by atoms with Gasteiger partial charge in [-0.05, 0) is 58.4 Å². The van der Waals surface area contributed by atoms with Crippen LogP contribution in [0.15, 0.2) is 54.6 Å². The first kappa shape index (κ1) is 15.0. The molecule has 1 saturated carbocycles. The van der Waals surface area contributed by atoms with Crippen LogP contribution in [0.4, 0.5) is 0 Å². The molecule has 0 heterocycles. The fourth-order valence-corrected chi connectivity index (χ4v) is 5.25. The van der Waals surface area contributed by atoms with Crippen LogP contribution in [0.1, 0.15) is 61.5 Å². The van der Waals surface area contributed by atoms with Crippen LogP contribution in [-0.2, 0) is 0 Å². The molecule has 2 unspecified atom stereocenters. The SMILES string of the molecule is Oc1cc2c(c3ccccc13)-c1ccccc1C1CCCCCCC21. The lowest BCUT2D eigenvalue weighted by atomic mass is 9.66. The summed E-state index contributed by atoms with van der Waals surface area (Å²) in [5, 5.41) is 12.9. The first-order chi connectivity index (χ1) is 12.3. The van der Waals surface area contributed by atoms with Gasteiger partial charge in [-0.3, -0.25) is 0 Å². The molecule has 25 heavy (non-hydrogen) atoms. The van der Waals surface area contributed by atoms with Gasteiger partial charge in [-0.15, -0.1) is 0 Å². The van der Waals surface area contributed by atoms with Crippen LogP contribution >= 0.6 is 0 Å². The lowest BCUT2D eigenvalue weighted by Gasteiger charge is -2.38. The van der Waals surface area contributed by atoms with Crippen LogP contribution < -0.4 is 0 Å². The Kier molecular flexibility index (Phi) is 3.55. The van der Waals surface area contributed by atoms with E-state index in [9.17, 15) is 5.11 Å². The summed E-state index contributed by atoms with van der Waals surface area (Å²) in [6.07, 6.45) is 7.85. The quantitative estimate of drug-likeness (QED) is 0.484. The van der Waals surface area contributed by atoms with Crippen molar-refractivity contribution in [2.24, 2.45) is 0 Å². The van der Waals surface area contributed by atoms with Crippen LogP contribution in [0.2, 0.25) is 0 Å². The summed E-state index contributed by atoms with van der Waals surface area (Å²) in [6.45, 7) is 0. The maximum Gasteiger partial charge on any atom is 0.123 e. The van der Waals surface area contributed by atoms with E-state index in [1.807, 2.05) is 12.1 Å². The molecule has 0 saturated heterocycles. The summed E-state index contributed by atoms with van der Waals surface area (Å²) in [7, 11) is 0. The Morgan fingerprint density at radius 3 is 2.12 bits per heavy atom. The van der Waals surface area contributed by atoms with Crippen molar-refractivity contribution in [1.82, 2.24) is 0 Å². The largest absolute Gasteiger partial charge is 0.507 e. The minimum Gasteiger partial charge on any atom is -0.507 e. The maximum absolute atomic E-state index is 10.7. The van der Waals surface area contributed by atoms with Crippen molar-refractivity contribution in [3.8, 4) is 16.9 Å². The number of hydrogen-bond donors (Lipinski definition) is 1. The van der Waals surface area contributed by atoms with E-state index in [0.29, 0.717) is 17.6 Å². The standard InChI is InChI=1S/C24H24O/c25-23-15-22-18-10-4-2-1-3-9-16(18)17-11-5-7-13-20(17)24(22)21-14-8-6-12-19(21)23/h5-8,11-16,18,25H,1-4,9-10H2. The Hall–Kier alpha value is -2.28. The summed E-state index contributed by atoms with van der Waals surface area (Å²) in [6, 6.07) is 19.4. The molecule has 0 bridgehead atoms. The smallest absolute Gasteiger partial charge is 0.123 e. The third kappa shape index (κ3) is 2.29. The lowest BCUT2D eigenvalue weighted by Crippen LogP contribution is -2.19. The molecule has 126 valence electrons. The molecule has 3 aromatic rings. The molecule has 2 aliphatic rings. The first-order valence-electron chi connectivity index (χ1n) is 9.68. The van der Waals surface area contributed by atoms with Crippen LogP contribution in [0, 0.1) is 0 Å². The van der Waals surface area contributed by atoms with E-state index < -0.39 is 0 Å².